The minimum atomic E-state index is -0.538. The molecule has 0 saturated carbocycles. The molecule has 134 valence electrons. The van der Waals surface area contributed by atoms with Crippen LogP contribution in [0, 0.1) is 0 Å². The fourth-order valence-electron chi connectivity index (χ4n) is 4.15. The summed E-state index contributed by atoms with van der Waals surface area (Å²) in [5.74, 6) is 0.207. The van der Waals surface area contributed by atoms with E-state index in [1.165, 1.54) is 0 Å². The summed E-state index contributed by atoms with van der Waals surface area (Å²) in [6, 6.07) is 19.4. The van der Waals surface area contributed by atoms with Gasteiger partial charge in [-0.15, -0.1) is 0 Å². The summed E-state index contributed by atoms with van der Waals surface area (Å²) in [5.41, 5.74) is 1.23. The van der Waals surface area contributed by atoms with E-state index in [4.69, 9.17) is 0 Å². The van der Waals surface area contributed by atoms with Gasteiger partial charge in [0.15, 0.2) is 0 Å². The largest absolute Gasteiger partial charge is 0.339 e. The average molecular weight is 349 g/mol. The molecule has 0 aliphatic carbocycles. The van der Waals surface area contributed by atoms with Crippen molar-refractivity contribution in [1.82, 2.24) is 9.80 Å². The van der Waals surface area contributed by atoms with E-state index in [1.807, 2.05) is 60.5 Å². The molecule has 5 heteroatoms. The molecule has 0 radical (unpaired) electrons. The first-order valence-corrected chi connectivity index (χ1v) is 9.04. The van der Waals surface area contributed by atoms with Crippen molar-refractivity contribution < 1.29 is 9.59 Å². The van der Waals surface area contributed by atoms with E-state index in [2.05, 4.69) is 17.0 Å². The number of likely N-dealkylation sites (N-methyl/N-ethyl adjacent to an activating group) is 1. The number of para-hydroxylation sites is 1. The summed E-state index contributed by atoms with van der Waals surface area (Å²) < 4.78 is 0. The van der Waals surface area contributed by atoms with Gasteiger partial charge < -0.3 is 14.7 Å². The van der Waals surface area contributed by atoms with Crippen LogP contribution < -0.4 is 4.90 Å². The van der Waals surface area contributed by atoms with Crippen molar-refractivity contribution in [3.63, 3.8) is 0 Å². The third-order valence-electron chi connectivity index (χ3n) is 5.58. The number of hydrogen-bond acceptors (Lipinski definition) is 3. The lowest BCUT2D eigenvalue weighted by Crippen LogP contribution is -2.57. The normalized spacial score (nSPS) is 19.3. The predicted molar refractivity (Wildman–Crippen MR) is 101 cm³/mol. The molecule has 26 heavy (non-hydrogen) atoms. The zero-order valence-corrected chi connectivity index (χ0v) is 15.0. The maximum absolute atomic E-state index is 13.0. The highest BCUT2D eigenvalue weighted by atomic mass is 16.2. The number of amides is 2. The van der Waals surface area contributed by atoms with E-state index < -0.39 is 5.54 Å². The van der Waals surface area contributed by atoms with Crippen LogP contribution in [0.1, 0.15) is 23.2 Å². The molecule has 2 heterocycles. The second-order valence-electron chi connectivity index (χ2n) is 7.10. The molecule has 2 aromatic carbocycles. The van der Waals surface area contributed by atoms with Crippen LogP contribution in [0.3, 0.4) is 0 Å². The number of benzene rings is 2. The molecule has 0 atom stereocenters. The first-order valence-electron chi connectivity index (χ1n) is 9.04. The quantitative estimate of drug-likeness (QED) is 0.837. The Hall–Kier alpha value is -2.82. The topological polar surface area (TPSA) is 43.9 Å². The van der Waals surface area contributed by atoms with Crippen LogP contribution in [0.25, 0.3) is 0 Å². The van der Waals surface area contributed by atoms with Crippen molar-refractivity contribution in [2.75, 3.05) is 31.7 Å². The van der Waals surface area contributed by atoms with Gasteiger partial charge in [0.25, 0.3) is 5.91 Å². The lowest BCUT2D eigenvalue weighted by atomic mass is 9.85. The molecule has 4 rings (SSSR count). The number of rotatable bonds is 2. The molecule has 2 aliphatic heterocycles. The molecule has 2 amide bonds. The van der Waals surface area contributed by atoms with Crippen molar-refractivity contribution in [2.45, 2.75) is 18.4 Å². The molecule has 0 bridgehead atoms. The third kappa shape index (κ3) is 2.64. The molecule has 2 aromatic rings. The summed E-state index contributed by atoms with van der Waals surface area (Å²) in [4.78, 5) is 31.6. The van der Waals surface area contributed by atoms with E-state index in [9.17, 15) is 9.59 Å². The summed E-state index contributed by atoms with van der Waals surface area (Å²) in [7, 11) is 1.86. The average Bonchev–Trinajstić information content (AvgIpc) is 2.94. The number of carbonyl (C=O) groups excluding carboxylic acids is 2. The van der Waals surface area contributed by atoms with Crippen LogP contribution >= 0.6 is 0 Å². The lowest BCUT2D eigenvalue weighted by molar-refractivity contribution is -0.132. The van der Waals surface area contributed by atoms with Gasteiger partial charge >= 0.3 is 0 Å². The Morgan fingerprint density at radius 3 is 2.12 bits per heavy atom. The van der Waals surface area contributed by atoms with Gasteiger partial charge in [0.2, 0.25) is 5.91 Å². The van der Waals surface area contributed by atoms with E-state index in [0.717, 1.165) is 5.69 Å². The molecular weight excluding hydrogens is 326 g/mol. The molecule has 5 nitrogen and oxygen atoms in total. The van der Waals surface area contributed by atoms with Gasteiger partial charge in [-0.05, 0) is 37.1 Å². The number of carbonyl (C=O) groups is 2. The van der Waals surface area contributed by atoms with E-state index >= 15 is 0 Å². The highest BCUT2D eigenvalue weighted by molar-refractivity contribution is 5.96. The van der Waals surface area contributed by atoms with Gasteiger partial charge in [0, 0.05) is 31.4 Å². The van der Waals surface area contributed by atoms with Gasteiger partial charge in [-0.25, -0.2) is 0 Å². The molecule has 0 unspecified atom stereocenters. The van der Waals surface area contributed by atoms with Gasteiger partial charge in [0.05, 0.1) is 6.67 Å². The molecule has 0 aromatic heterocycles. The van der Waals surface area contributed by atoms with Gasteiger partial charge in [-0.1, -0.05) is 36.4 Å². The predicted octanol–water partition coefficient (Wildman–Crippen LogP) is 2.60. The summed E-state index contributed by atoms with van der Waals surface area (Å²) >= 11 is 0. The second-order valence-corrected chi connectivity index (χ2v) is 7.10. The molecule has 2 saturated heterocycles. The monoisotopic (exact) mass is 349 g/mol. The minimum Gasteiger partial charge on any atom is -0.339 e. The van der Waals surface area contributed by atoms with Crippen molar-refractivity contribution in [2.24, 2.45) is 0 Å². The van der Waals surface area contributed by atoms with Crippen molar-refractivity contribution in [3.05, 3.63) is 66.2 Å². The smallest absolute Gasteiger partial charge is 0.253 e. The van der Waals surface area contributed by atoms with Crippen molar-refractivity contribution in [3.8, 4) is 0 Å². The highest BCUT2D eigenvalue weighted by Crippen LogP contribution is 2.39. The standard InChI is InChI=1S/C21H23N3O2/c1-22-16-24(18-10-6-3-7-11-18)21(20(22)26)12-14-23(15-13-21)19(25)17-8-4-2-5-9-17/h2-11H,12-16H2,1H3. The summed E-state index contributed by atoms with van der Waals surface area (Å²) in [6.07, 6.45) is 1.31. The van der Waals surface area contributed by atoms with Crippen molar-refractivity contribution in [1.29, 1.82) is 0 Å². The van der Waals surface area contributed by atoms with E-state index in [1.54, 1.807) is 4.90 Å². The van der Waals surface area contributed by atoms with Gasteiger partial charge in [-0.3, -0.25) is 9.59 Å². The zero-order chi connectivity index (χ0) is 18.1. The van der Waals surface area contributed by atoms with Crippen LogP contribution in [0.4, 0.5) is 5.69 Å². The SMILES string of the molecule is CN1CN(c2ccccc2)C2(CCN(C(=O)c3ccccc3)CC2)C1=O. The summed E-state index contributed by atoms with van der Waals surface area (Å²) in [5, 5.41) is 0. The van der Waals surface area contributed by atoms with E-state index in [-0.39, 0.29) is 11.8 Å². The third-order valence-corrected chi connectivity index (χ3v) is 5.58. The fourth-order valence-corrected chi connectivity index (χ4v) is 4.15. The number of piperidine rings is 1. The Labute approximate surface area is 153 Å². The number of nitrogens with zero attached hydrogens (tertiary/aromatic N) is 3. The van der Waals surface area contributed by atoms with Crippen molar-refractivity contribution >= 4 is 17.5 Å². The fraction of sp³-hybridized carbons (Fsp3) is 0.333. The molecular formula is C21H23N3O2. The van der Waals surface area contributed by atoms with Gasteiger partial charge in [-0.2, -0.15) is 0 Å². The Kier molecular flexibility index (Phi) is 4.15. The molecule has 0 N–H and O–H groups in total. The first kappa shape index (κ1) is 16.6. The number of anilines is 1. The molecule has 2 fully saturated rings. The Bertz CT molecular complexity index is 799. The highest BCUT2D eigenvalue weighted by Gasteiger charge is 2.53. The second kappa shape index (κ2) is 6.48. The minimum absolute atomic E-state index is 0.0468. The van der Waals surface area contributed by atoms with Crippen LogP contribution in [-0.2, 0) is 4.79 Å². The van der Waals surface area contributed by atoms with Crippen LogP contribution in [0.15, 0.2) is 60.7 Å². The van der Waals surface area contributed by atoms with Crippen LogP contribution in [-0.4, -0.2) is 54.0 Å². The maximum atomic E-state index is 13.0. The van der Waals surface area contributed by atoms with E-state index in [0.29, 0.717) is 38.2 Å². The maximum Gasteiger partial charge on any atom is 0.253 e. The lowest BCUT2D eigenvalue weighted by Gasteiger charge is -2.43. The Morgan fingerprint density at radius 2 is 1.50 bits per heavy atom. The first-order chi connectivity index (χ1) is 12.6. The Morgan fingerprint density at radius 1 is 0.923 bits per heavy atom. The number of likely N-dealkylation sites (tertiary alicyclic amines) is 1. The summed E-state index contributed by atoms with van der Waals surface area (Å²) in [6.45, 7) is 1.78. The molecule has 2 aliphatic rings. The Balaban J connectivity index is 1.56. The number of hydrogen-bond donors (Lipinski definition) is 0. The van der Waals surface area contributed by atoms with Crippen LogP contribution in [0.5, 0.6) is 0 Å². The molecule has 1 spiro atoms. The van der Waals surface area contributed by atoms with Crippen LogP contribution in [0.2, 0.25) is 0 Å². The van der Waals surface area contributed by atoms with Gasteiger partial charge in [0.1, 0.15) is 5.54 Å². The zero-order valence-electron chi connectivity index (χ0n) is 15.0.